The molecule has 92 valence electrons. The number of nitrogens with one attached hydrogen (secondary N) is 1. The van der Waals surface area contributed by atoms with Crippen molar-refractivity contribution in [3.63, 3.8) is 0 Å². The lowest BCUT2D eigenvalue weighted by atomic mass is 9.89. The molecule has 17 heavy (non-hydrogen) atoms. The predicted molar refractivity (Wildman–Crippen MR) is 69.4 cm³/mol. The van der Waals surface area contributed by atoms with Crippen molar-refractivity contribution in [2.45, 2.75) is 25.0 Å². The van der Waals surface area contributed by atoms with Gasteiger partial charge in [0.1, 0.15) is 0 Å². The number of fused-ring (bicyclic) bond motifs is 1. The molecule has 3 N–H and O–H groups in total. The smallest absolute Gasteiger partial charge is 0.0834 e. The molecular formula is C14H21N3. The van der Waals surface area contributed by atoms with E-state index in [1.807, 2.05) is 0 Å². The first-order valence-corrected chi connectivity index (χ1v) is 6.56. The average Bonchev–Trinajstić information content (AvgIpc) is 2.66. The lowest BCUT2D eigenvalue weighted by Gasteiger charge is -2.36. The van der Waals surface area contributed by atoms with E-state index in [4.69, 9.17) is 5.73 Å². The summed E-state index contributed by atoms with van der Waals surface area (Å²) >= 11 is 0. The van der Waals surface area contributed by atoms with Crippen molar-refractivity contribution in [2.75, 3.05) is 19.6 Å². The fraction of sp³-hybridized carbons (Fsp3) is 0.571. The number of rotatable bonds is 2. The van der Waals surface area contributed by atoms with E-state index < -0.39 is 0 Å². The van der Waals surface area contributed by atoms with Gasteiger partial charge in [0.15, 0.2) is 0 Å². The van der Waals surface area contributed by atoms with Crippen LogP contribution in [0.4, 0.5) is 0 Å². The van der Waals surface area contributed by atoms with E-state index in [1.165, 1.54) is 18.4 Å². The third-order valence-corrected chi connectivity index (χ3v) is 4.12. The second-order valence-electron chi connectivity index (χ2n) is 5.46. The molecule has 2 aliphatic rings. The highest BCUT2D eigenvalue weighted by Crippen LogP contribution is 2.31. The van der Waals surface area contributed by atoms with E-state index in [0.717, 1.165) is 26.2 Å². The highest BCUT2D eigenvalue weighted by atomic mass is 15.3. The van der Waals surface area contributed by atoms with Crippen LogP contribution >= 0.6 is 0 Å². The van der Waals surface area contributed by atoms with Gasteiger partial charge in [0.2, 0.25) is 0 Å². The lowest BCUT2D eigenvalue weighted by Crippen LogP contribution is -2.61. The highest BCUT2D eigenvalue weighted by Gasteiger charge is 2.44. The average molecular weight is 231 g/mol. The van der Waals surface area contributed by atoms with Crippen molar-refractivity contribution in [1.82, 2.24) is 10.2 Å². The van der Waals surface area contributed by atoms with Crippen LogP contribution in [-0.4, -0.2) is 30.2 Å². The third kappa shape index (κ3) is 2.23. The molecule has 3 rings (SSSR count). The zero-order valence-electron chi connectivity index (χ0n) is 10.2. The van der Waals surface area contributed by atoms with E-state index in [0.29, 0.717) is 5.92 Å². The van der Waals surface area contributed by atoms with E-state index in [1.54, 1.807) is 0 Å². The minimum absolute atomic E-state index is 0.132. The fourth-order valence-corrected chi connectivity index (χ4v) is 3.22. The van der Waals surface area contributed by atoms with Gasteiger partial charge in [-0.25, -0.2) is 0 Å². The summed E-state index contributed by atoms with van der Waals surface area (Å²) in [5.41, 5.74) is 7.71. The van der Waals surface area contributed by atoms with E-state index in [2.05, 4.69) is 40.5 Å². The molecule has 0 aromatic heterocycles. The zero-order valence-corrected chi connectivity index (χ0v) is 10.2. The van der Waals surface area contributed by atoms with Crippen molar-refractivity contribution >= 4 is 0 Å². The van der Waals surface area contributed by atoms with Gasteiger partial charge in [-0.15, -0.1) is 0 Å². The molecule has 2 fully saturated rings. The van der Waals surface area contributed by atoms with Gasteiger partial charge in [-0.3, -0.25) is 10.2 Å². The molecule has 3 heteroatoms. The molecule has 1 aromatic rings. The Kier molecular flexibility index (Phi) is 2.90. The normalized spacial score (nSPS) is 33.6. The van der Waals surface area contributed by atoms with Crippen LogP contribution < -0.4 is 11.1 Å². The minimum Gasteiger partial charge on any atom is -0.312 e. The Morgan fingerprint density at radius 1 is 1.35 bits per heavy atom. The molecule has 2 saturated heterocycles. The summed E-state index contributed by atoms with van der Waals surface area (Å²) in [6.07, 6.45) is 2.54. The monoisotopic (exact) mass is 231 g/mol. The van der Waals surface area contributed by atoms with Gasteiger partial charge in [0.05, 0.1) is 5.66 Å². The molecule has 2 aliphatic heterocycles. The van der Waals surface area contributed by atoms with Crippen LogP contribution in [0.15, 0.2) is 30.3 Å². The first kappa shape index (κ1) is 11.2. The van der Waals surface area contributed by atoms with Gasteiger partial charge in [-0.05, 0) is 24.9 Å². The number of piperidine rings is 1. The Bertz CT molecular complexity index is 378. The molecule has 2 heterocycles. The molecule has 0 saturated carbocycles. The van der Waals surface area contributed by atoms with E-state index in [-0.39, 0.29) is 5.66 Å². The molecule has 0 aliphatic carbocycles. The summed E-state index contributed by atoms with van der Waals surface area (Å²) in [4.78, 5) is 2.48. The maximum atomic E-state index is 6.46. The second-order valence-corrected chi connectivity index (χ2v) is 5.46. The Morgan fingerprint density at radius 3 is 2.94 bits per heavy atom. The summed E-state index contributed by atoms with van der Waals surface area (Å²) in [6, 6.07) is 10.7. The molecule has 2 atom stereocenters. The largest absolute Gasteiger partial charge is 0.312 e. The van der Waals surface area contributed by atoms with E-state index in [9.17, 15) is 0 Å². The Balaban J connectivity index is 1.67. The third-order valence-electron chi connectivity index (χ3n) is 4.12. The first-order valence-electron chi connectivity index (χ1n) is 6.56. The van der Waals surface area contributed by atoms with Gasteiger partial charge in [0, 0.05) is 25.6 Å². The Labute approximate surface area is 103 Å². The number of nitrogens with zero attached hydrogens (tertiary/aromatic N) is 1. The van der Waals surface area contributed by atoms with Crippen molar-refractivity contribution in [1.29, 1.82) is 0 Å². The highest BCUT2D eigenvalue weighted by molar-refractivity contribution is 5.15. The van der Waals surface area contributed by atoms with Gasteiger partial charge in [0.25, 0.3) is 0 Å². The van der Waals surface area contributed by atoms with Gasteiger partial charge < -0.3 is 5.73 Å². The molecule has 0 amide bonds. The van der Waals surface area contributed by atoms with E-state index >= 15 is 0 Å². The van der Waals surface area contributed by atoms with Crippen molar-refractivity contribution in [3.05, 3.63) is 35.9 Å². The molecule has 0 radical (unpaired) electrons. The van der Waals surface area contributed by atoms with Crippen LogP contribution in [0, 0.1) is 5.92 Å². The van der Waals surface area contributed by atoms with Crippen LogP contribution in [0.5, 0.6) is 0 Å². The number of hydrogen-bond acceptors (Lipinski definition) is 3. The van der Waals surface area contributed by atoms with Crippen LogP contribution in [0.25, 0.3) is 0 Å². The van der Waals surface area contributed by atoms with Gasteiger partial charge in [-0.2, -0.15) is 0 Å². The number of likely N-dealkylation sites (tertiary alicyclic amines) is 1. The molecule has 0 spiro atoms. The van der Waals surface area contributed by atoms with Gasteiger partial charge in [-0.1, -0.05) is 30.3 Å². The fourth-order valence-electron chi connectivity index (χ4n) is 3.22. The zero-order chi connectivity index (χ0) is 11.7. The minimum atomic E-state index is -0.132. The van der Waals surface area contributed by atoms with Gasteiger partial charge >= 0.3 is 0 Å². The quantitative estimate of drug-likeness (QED) is 0.802. The Morgan fingerprint density at radius 2 is 2.18 bits per heavy atom. The molecule has 1 aromatic carbocycles. The van der Waals surface area contributed by atoms with Crippen LogP contribution in [0.3, 0.4) is 0 Å². The summed E-state index contributed by atoms with van der Waals surface area (Å²) < 4.78 is 0. The maximum absolute atomic E-state index is 6.46. The molecular weight excluding hydrogens is 210 g/mol. The molecule has 0 bridgehead atoms. The summed E-state index contributed by atoms with van der Waals surface area (Å²) in [5.74, 6) is 0.625. The topological polar surface area (TPSA) is 41.3 Å². The molecule has 2 unspecified atom stereocenters. The Hall–Kier alpha value is -0.900. The SMILES string of the molecule is NC12CN(Cc3ccccc3)CC1CCCN2. The number of nitrogens with two attached hydrogens (primary N) is 1. The second kappa shape index (κ2) is 4.41. The lowest BCUT2D eigenvalue weighted by molar-refractivity contribution is 0.215. The summed E-state index contributed by atoms with van der Waals surface area (Å²) in [7, 11) is 0. The number of benzene rings is 1. The van der Waals surface area contributed by atoms with Crippen molar-refractivity contribution < 1.29 is 0 Å². The van der Waals surface area contributed by atoms with Crippen LogP contribution in [-0.2, 0) is 6.54 Å². The summed E-state index contributed by atoms with van der Waals surface area (Å²) in [6.45, 7) is 4.22. The van der Waals surface area contributed by atoms with Crippen molar-refractivity contribution in [2.24, 2.45) is 11.7 Å². The predicted octanol–water partition coefficient (Wildman–Crippen LogP) is 1.16. The number of hydrogen-bond donors (Lipinski definition) is 2. The maximum Gasteiger partial charge on any atom is 0.0834 e. The summed E-state index contributed by atoms with van der Waals surface area (Å²) in [5, 5.41) is 3.51. The molecule has 3 nitrogen and oxygen atoms in total. The standard InChI is InChI=1S/C14H21N3/c15-14-11-17(9-12-5-2-1-3-6-12)10-13(14)7-4-8-16-14/h1-3,5-6,13,16H,4,7-11,15H2. The van der Waals surface area contributed by atoms with Crippen LogP contribution in [0.2, 0.25) is 0 Å². The van der Waals surface area contributed by atoms with Crippen molar-refractivity contribution in [3.8, 4) is 0 Å². The first-order chi connectivity index (χ1) is 8.26. The van der Waals surface area contributed by atoms with Crippen LogP contribution in [0.1, 0.15) is 18.4 Å².